The molecule has 0 spiro atoms. The Bertz CT molecular complexity index is 1250. The predicted molar refractivity (Wildman–Crippen MR) is 131 cm³/mol. The molecule has 10 heteroatoms. The minimum Gasteiger partial charge on any atom is -0.493 e. The van der Waals surface area contributed by atoms with Crippen molar-refractivity contribution >= 4 is 55.4 Å². The average molecular weight is 558 g/mol. The molecule has 0 saturated heterocycles. The third-order valence-electron chi connectivity index (χ3n) is 4.34. The smallest absolute Gasteiger partial charge is 0.276 e. The molecule has 0 aliphatic carbocycles. The summed E-state index contributed by atoms with van der Waals surface area (Å²) >= 11 is 15.5. The van der Waals surface area contributed by atoms with Crippen molar-refractivity contribution in [2.45, 2.75) is 18.4 Å². The van der Waals surface area contributed by atoms with Crippen LogP contribution in [0.2, 0.25) is 10.0 Å². The zero-order valence-corrected chi connectivity index (χ0v) is 21.0. The molecule has 0 radical (unpaired) electrons. The minimum atomic E-state index is -3.76. The zero-order chi connectivity index (χ0) is 23.3. The van der Waals surface area contributed by atoms with Crippen LogP contribution in [0.15, 0.2) is 69.1 Å². The van der Waals surface area contributed by atoms with E-state index in [1.54, 1.807) is 36.4 Å². The van der Waals surface area contributed by atoms with Crippen molar-refractivity contribution < 1.29 is 17.9 Å². The van der Waals surface area contributed by atoms with Gasteiger partial charge in [-0.05, 0) is 70.4 Å². The highest BCUT2D eigenvalue weighted by Gasteiger charge is 2.14. The molecule has 1 N–H and O–H groups in total. The standard InChI is InChI=1S/C22H19BrCl2N2O4S/c1-14-3-6-17(7-4-14)32(28,29)27-26-12-16-9-18(23)22(21(11-16)30-2)31-13-15-5-8-19(24)20(25)10-15/h3-12,27H,13H2,1-2H3/b26-12-. The van der Waals surface area contributed by atoms with E-state index in [1.165, 1.54) is 25.5 Å². The van der Waals surface area contributed by atoms with Gasteiger partial charge in [-0.3, -0.25) is 0 Å². The first-order valence-electron chi connectivity index (χ1n) is 9.25. The normalized spacial score (nSPS) is 11.5. The van der Waals surface area contributed by atoms with Crippen LogP contribution < -0.4 is 14.3 Å². The molecular formula is C22H19BrCl2N2O4S. The number of ether oxygens (including phenoxy) is 2. The van der Waals surface area contributed by atoms with Gasteiger partial charge in [0.2, 0.25) is 0 Å². The summed E-state index contributed by atoms with van der Waals surface area (Å²) in [5, 5.41) is 4.77. The maximum Gasteiger partial charge on any atom is 0.276 e. The third-order valence-corrected chi connectivity index (χ3v) is 6.90. The second-order valence-corrected chi connectivity index (χ2v) is 10.1. The van der Waals surface area contributed by atoms with E-state index in [2.05, 4.69) is 25.9 Å². The minimum absolute atomic E-state index is 0.130. The van der Waals surface area contributed by atoms with Crippen molar-refractivity contribution in [3.63, 3.8) is 0 Å². The maximum absolute atomic E-state index is 12.3. The van der Waals surface area contributed by atoms with E-state index in [0.29, 0.717) is 31.6 Å². The van der Waals surface area contributed by atoms with Crippen molar-refractivity contribution in [3.05, 3.63) is 85.8 Å². The fraction of sp³-hybridized carbons (Fsp3) is 0.136. The fourth-order valence-electron chi connectivity index (χ4n) is 2.68. The largest absolute Gasteiger partial charge is 0.493 e. The van der Waals surface area contributed by atoms with Crippen LogP contribution in [-0.4, -0.2) is 21.7 Å². The number of methoxy groups -OCH3 is 1. The molecule has 3 aromatic rings. The fourth-order valence-corrected chi connectivity index (χ4v) is 4.37. The summed E-state index contributed by atoms with van der Waals surface area (Å²) in [7, 11) is -2.25. The average Bonchev–Trinajstić information content (AvgIpc) is 2.75. The van der Waals surface area contributed by atoms with Gasteiger partial charge in [0.05, 0.1) is 32.7 Å². The van der Waals surface area contributed by atoms with Crippen molar-refractivity contribution in [2.75, 3.05) is 7.11 Å². The molecule has 0 fully saturated rings. The van der Waals surface area contributed by atoms with Crippen molar-refractivity contribution in [1.29, 1.82) is 0 Å². The lowest BCUT2D eigenvalue weighted by atomic mass is 10.2. The Morgan fingerprint density at radius 2 is 1.78 bits per heavy atom. The first-order chi connectivity index (χ1) is 15.2. The third kappa shape index (κ3) is 6.16. The van der Waals surface area contributed by atoms with Gasteiger partial charge < -0.3 is 9.47 Å². The van der Waals surface area contributed by atoms with Crippen LogP contribution in [0.4, 0.5) is 0 Å². The Morgan fingerprint density at radius 1 is 1.06 bits per heavy atom. The van der Waals surface area contributed by atoms with Crippen LogP contribution >= 0.6 is 39.1 Å². The first kappa shape index (κ1) is 24.4. The molecule has 0 heterocycles. The number of benzene rings is 3. The Morgan fingerprint density at radius 3 is 2.44 bits per heavy atom. The lowest BCUT2D eigenvalue weighted by molar-refractivity contribution is 0.282. The highest BCUT2D eigenvalue weighted by atomic mass is 79.9. The Kier molecular flexibility index (Phi) is 8.05. The predicted octanol–water partition coefficient (Wildman–Crippen LogP) is 5.96. The van der Waals surface area contributed by atoms with E-state index in [0.717, 1.165) is 11.1 Å². The van der Waals surface area contributed by atoms with Gasteiger partial charge in [-0.1, -0.05) is 47.0 Å². The second-order valence-electron chi connectivity index (χ2n) is 6.74. The van der Waals surface area contributed by atoms with Crippen LogP contribution in [0.25, 0.3) is 0 Å². The van der Waals surface area contributed by atoms with Crippen LogP contribution in [0.1, 0.15) is 16.7 Å². The summed E-state index contributed by atoms with van der Waals surface area (Å²) in [5.41, 5.74) is 2.40. The first-order valence-corrected chi connectivity index (χ1v) is 12.3. The van der Waals surface area contributed by atoms with E-state index < -0.39 is 10.0 Å². The molecule has 0 aliphatic rings. The molecule has 0 amide bonds. The number of rotatable bonds is 8. The van der Waals surface area contributed by atoms with Crippen LogP contribution in [0.5, 0.6) is 11.5 Å². The molecule has 6 nitrogen and oxygen atoms in total. The number of hydrogen-bond acceptors (Lipinski definition) is 5. The van der Waals surface area contributed by atoms with Gasteiger partial charge in [0.15, 0.2) is 11.5 Å². The number of halogens is 3. The van der Waals surface area contributed by atoms with Gasteiger partial charge in [-0.25, -0.2) is 4.83 Å². The van der Waals surface area contributed by atoms with E-state index in [1.807, 2.05) is 13.0 Å². The van der Waals surface area contributed by atoms with Gasteiger partial charge in [-0.2, -0.15) is 13.5 Å². The van der Waals surface area contributed by atoms with Crippen LogP contribution in [-0.2, 0) is 16.6 Å². The van der Waals surface area contributed by atoms with Crippen molar-refractivity contribution in [3.8, 4) is 11.5 Å². The van der Waals surface area contributed by atoms with E-state index >= 15 is 0 Å². The number of sulfonamides is 1. The van der Waals surface area contributed by atoms with Gasteiger partial charge in [0, 0.05) is 0 Å². The summed E-state index contributed by atoms with van der Waals surface area (Å²) in [5.74, 6) is 0.929. The van der Waals surface area contributed by atoms with Crippen molar-refractivity contribution in [1.82, 2.24) is 4.83 Å². The second kappa shape index (κ2) is 10.6. The summed E-state index contributed by atoms with van der Waals surface area (Å²) in [6, 6.07) is 15.1. The van der Waals surface area contributed by atoms with E-state index in [9.17, 15) is 8.42 Å². The maximum atomic E-state index is 12.3. The number of hydrazone groups is 1. The Labute approximate surface area is 205 Å². The van der Waals surface area contributed by atoms with Crippen molar-refractivity contribution in [2.24, 2.45) is 5.10 Å². The van der Waals surface area contributed by atoms with Gasteiger partial charge in [-0.15, -0.1) is 0 Å². The molecule has 0 unspecified atom stereocenters. The van der Waals surface area contributed by atoms with Crippen LogP contribution in [0.3, 0.4) is 0 Å². The molecule has 0 bridgehead atoms. The van der Waals surface area contributed by atoms with Gasteiger partial charge >= 0.3 is 0 Å². The Balaban J connectivity index is 1.73. The number of nitrogens with one attached hydrogen (secondary N) is 1. The lowest BCUT2D eigenvalue weighted by Gasteiger charge is -2.14. The molecule has 0 saturated carbocycles. The topological polar surface area (TPSA) is 77.0 Å². The molecule has 0 aromatic heterocycles. The SMILES string of the molecule is COc1cc(/C=N\NS(=O)(=O)c2ccc(C)cc2)cc(Br)c1OCc1ccc(Cl)c(Cl)c1. The summed E-state index contributed by atoms with van der Waals surface area (Å²) < 4.78 is 36.6. The molecule has 168 valence electrons. The summed E-state index contributed by atoms with van der Waals surface area (Å²) in [4.78, 5) is 2.33. The van der Waals surface area contributed by atoms with Crippen LogP contribution in [0, 0.1) is 6.92 Å². The molecule has 0 atom stereocenters. The quantitative estimate of drug-likeness (QED) is 0.273. The number of hydrogen-bond donors (Lipinski definition) is 1. The highest BCUT2D eigenvalue weighted by molar-refractivity contribution is 9.10. The number of aryl methyl sites for hydroxylation is 1. The molecule has 32 heavy (non-hydrogen) atoms. The molecule has 0 aliphatic heterocycles. The molecule has 3 rings (SSSR count). The van der Waals surface area contributed by atoms with E-state index in [-0.39, 0.29) is 11.5 Å². The monoisotopic (exact) mass is 556 g/mol. The molecular weight excluding hydrogens is 539 g/mol. The van der Waals surface area contributed by atoms with Gasteiger partial charge in [0.25, 0.3) is 10.0 Å². The zero-order valence-electron chi connectivity index (χ0n) is 17.1. The van der Waals surface area contributed by atoms with Gasteiger partial charge in [0.1, 0.15) is 6.61 Å². The van der Waals surface area contributed by atoms with E-state index in [4.69, 9.17) is 32.7 Å². The summed E-state index contributed by atoms with van der Waals surface area (Å²) in [6.45, 7) is 2.13. The summed E-state index contributed by atoms with van der Waals surface area (Å²) in [6.07, 6.45) is 1.38. The Hall–Kier alpha value is -2.26. The lowest BCUT2D eigenvalue weighted by Crippen LogP contribution is -2.18. The molecule has 3 aromatic carbocycles. The number of nitrogens with zero attached hydrogens (tertiary/aromatic N) is 1. The highest BCUT2D eigenvalue weighted by Crippen LogP contribution is 2.37.